The molecule has 0 radical (unpaired) electrons. The molecule has 7 nitrogen and oxygen atoms in total. The summed E-state index contributed by atoms with van der Waals surface area (Å²) in [4.78, 5) is 27.6. The number of hydrogen-bond acceptors (Lipinski definition) is 4. The molecule has 2 aromatic carbocycles. The van der Waals surface area contributed by atoms with Crippen LogP contribution >= 0.6 is 0 Å². The first-order valence-electron chi connectivity index (χ1n) is 11.1. The molecule has 1 fully saturated rings. The Hall–Kier alpha value is -3.06. The summed E-state index contributed by atoms with van der Waals surface area (Å²) in [5.41, 5.74) is 2.78. The monoisotopic (exact) mass is 424 g/mol. The molecule has 0 aliphatic carbocycles. The highest BCUT2D eigenvalue weighted by atomic mass is 16.5. The van der Waals surface area contributed by atoms with E-state index in [0.29, 0.717) is 36.7 Å². The maximum absolute atomic E-state index is 13.0. The summed E-state index contributed by atoms with van der Waals surface area (Å²) < 4.78 is 5.34. The lowest BCUT2D eigenvalue weighted by molar-refractivity contribution is 0.0944. The summed E-state index contributed by atoms with van der Waals surface area (Å²) >= 11 is 0. The summed E-state index contributed by atoms with van der Waals surface area (Å²) in [5, 5.41) is 8.61. The van der Waals surface area contributed by atoms with Gasteiger partial charge in [-0.25, -0.2) is 4.79 Å². The fourth-order valence-corrected chi connectivity index (χ4v) is 3.64. The molecule has 31 heavy (non-hydrogen) atoms. The molecular weight excluding hydrogens is 392 g/mol. The summed E-state index contributed by atoms with van der Waals surface area (Å²) in [6.45, 7) is 5.67. The second-order valence-electron chi connectivity index (χ2n) is 7.53. The van der Waals surface area contributed by atoms with Crippen LogP contribution in [0, 0.1) is 0 Å². The molecule has 3 amide bonds. The molecule has 3 N–H and O–H groups in total. The van der Waals surface area contributed by atoms with E-state index >= 15 is 0 Å². The summed E-state index contributed by atoms with van der Waals surface area (Å²) in [6.07, 6.45) is 4.22. The number of piperidine rings is 1. The van der Waals surface area contributed by atoms with Gasteiger partial charge >= 0.3 is 6.03 Å². The minimum atomic E-state index is -0.347. The van der Waals surface area contributed by atoms with Gasteiger partial charge in [-0.2, -0.15) is 0 Å². The van der Waals surface area contributed by atoms with Gasteiger partial charge in [0, 0.05) is 49.9 Å². The van der Waals surface area contributed by atoms with E-state index < -0.39 is 0 Å². The van der Waals surface area contributed by atoms with Crippen molar-refractivity contribution < 1.29 is 14.3 Å². The van der Waals surface area contributed by atoms with E-state index in [0.717, 1.165) is 38.0 Å². The molecule has 3 rings (SSSR count). The Labute approximate surface area is 184 Å². The zero-order chi connectivity index (χ0) is 21.9. The van der Waals surface area contributed by atoms with Crippen molar-refractivity contribution in [2.24, 2.45) is 0 Å². The molecule has 1 aliphatic heterocycles. The first-order valence-corrected chi connectivity index (χ1v) is 11.1. The maximum atomic E-state index is 13.0. The molecule has 0 atom stereocenters. The molecule has 166 valence electrons. The third-order valence-electron chi connectivity index (χ3n) is 5.18. The number of nitrogens with one attached hydrogen (secondary N) is 3. The molecule has 7 heteroatoms. The van der Waals surface area contributed by atoms with Crippen molar-refractivity contribution in [3.63, 3.8) is 0 Å². The van der Waals surface area contributed by atoms with E-state index in [2.05, 4.69) is 20.9 Å². The second-order valence-corrected chi connectivity index (χ2v) is 7.53. The van der Waals surface area contributed by atoms with E-state index in [9.17, 15) is 9.59 Å². The van der Waals surface area contributed by atoms with Crippen molar-refractivity contribution in [2.45, 2.75) is 32.6 Å². The molecule has 1 saturated heterocycles. The molecule has 2 aromatic rings. The molecule has 0 spiro atoms. The van der Waals surface area contributed by atoms with E-state index in [1.54, 1.807) is 6.07 Å². The van der Waals surface area contributed by atoms with Crippen LogP contribution in [0.25, 0.3) is 0 Å². The number of ether oxygens (including phenoxy) is 1. The molecule has 1 aliphatic rings. The number of para-hydroxylation sites is 1. The minimum Gasteiger partial charge on any atom is -0.382 e. The van der Waals surface area contributed by atoms with Gasteiger partial charge in [-0.05, 0) is 62.9 Å². The number of carbonyl (C=O) groups excluding carboxylic acids is 2. The first kappa shape index (κ1) is 22.6. The highest BCUT2D eigenvalue weighted by molar-refractivity contribution is 6.04. The van der Waals surface area contributed by atoms with Crippen LogP contribution in [0.3, 0.4) is 0 Å². The Morgan fingerprint density at radius 1 is 0.968 bits per heavy atom. The van der Waals surface area contributed by atoms with Crippen molar-refractivity contribution in [1.29, 1.82) is 0 Å². The third kappa shape index (κ3) is 7.00. The second kappa shape index (κ2) is 12.0. The molecule has 0 aromatic heterocycles. The number of anilines is 3. The zero-order valence-electron chi connectivity index (χ0n) is 18.2. The van der Waals surface area contributed by atoms with Crippen LogP contribution in [0.4, 0.5) is 21.9 Å². The SMILES string of the molecule is CCOCCCNC(=O)c1cc(NC(=O)Nc2ccccc2)ccc1N1CCCCC1. The van der Waals surface area contributed by atoms with E-state index in [1.807, 2.05) is 49.4 Å². The largest absolute Gasteiger partial charge is 0.382 e. The molecule has 0 bridgehead atoms. The lowest BCUT2D eigenvalue weighted by atomic mass is 10.1. The van der Waals surface area contributed by atoms with Crippen molar-refractivity contribution >= 4 is 29.0 Å². The topological polar surface area (TPSA) is 82.7 Å². The number of carbonyl (C=O) groups is 2. The Bertz CT molecular complexity index is 851. The molecule has 0 saturated carbocycles. The fourth-order valence-electron chi connectivity index (χ4n) is 3.64. The van der Waals surface area contributed by atoms with E-state index in [-0.39, 0.29) is 11.9 Å². The van der Waals surface area contributed by atoms with Crippen LogP contribution in [0.2, 0.25) is 0 Å². The number of benzene rings is 2. The van der Waals surface area contributed by atoms with Gasteiger partial charge < -0.3 is 25.6 Å². The summed E-state index contributed by atoms with van der Waals surface area (Å²) in [5.74, 6) is -0.135. The maximum Gasteiger partial charge on any atom is 0.323 e. The predicted molar refractivity (Wildman–Crippen MR) is 125 cm³/mol. The lowest BCUT2D eigenvalue weighted by Gasteiger charge is -2.30. The van der Waals surface area contributed by atoms with Gasteiger partial charge in [0.05, 0.1) is 5.56 Å². The van der Waals surface area contributed by atoms with Gasteiger partial charge in [0.1, 0.15) is 0 Å². The van der Waals surface area contributed by atoms with Crippen molar-refractivity contribution in [1.82, 2.24) is 5.32 Å². The lowest BCUT2D eigenvalue weighted by Crippen LogP contribution is -2.33. The quantitative estimate of drug-likeness (QED) is 0.519. The van der Waals surface area contributed by atoms with Gasteiger partial charge in [-0.15, -0.1) is 0 Å². The van der Waals surface area contributed by atoms with Crippen LogP contribution in [-0.4, -0.2) is 44.8 Å². The Balaban J connectivity index is 1.71. The van der Waals surface area contributed by atoms with Gasteiger partial charge in [0.2, 0.25) is 0 Å². The van der Waals surface area contributed by atoms with E-state index in [4.69, 9.17) is 4.74 Å². The van der Waals surface area contributed by atoms with Gasteiger partial charge in [0.25, 0.3) is 5.91 Å². The van der Waals surface area contributed by atoms with Crippen LogP contribution in [0.15, 0.2) is 48.5 Å². The van der Waals surface area contributed by atoms with Gasteiger partial charge in [0.15, 0.2) is 0 Å². The average molecular weight is 425 g/mol. The van der Waals surface area contributed by atoms with Gasteiger partial charge in [-0.1, -0.05) is 18.2 Å². The molecular formula is C24H32N4O3. The van der Waals surface area contributed by atoms with Gasteiger partial charge in [-0.3, -0.25) is 4.79 Å². The summed E-state index contributed by atoms with van der Waals surface area (Å²) in [7, 11) is 0. The average Bonchev–Trinajstić information content (AvgIpc) is 2.80. The standard InChI is InChI=1S/C24H32N4O3/c1-2-31-17-9-14-25-23(29)21-18-20(12-13-22(21)28-15-7-4-8-16-28)27-24(30)26-19-10-5-3-6-11-19/h3,5-6,10-13,18H,2,4,7-9,14-17H2,1H3,(H,25,29)(H2,26,27,30). The Morgan fingerprint density at radius 3 is 2.45 bits per heavy atom. The number of urea groups is 1. The first-order chi connectivity index (χ1) is 15.2. The highest BCUT2D eigenvalue weighted by Crippen LogP contribution is 2.27. The van der Waals surface area contributed by atoms with Crippen LogP contribution in [-0.2, 0) is 4.74 Å². The number of hydrogen-bond donors (Lipinski definition) is 3. The van der Waals surface area contributed by atoms with Crippen molar-refractivity contribution in [3.05, 3.63) is 54.1 Å². The van der Waals surface area contributed by atoms with Crippen LogP contribution in [0.5, 0.6) is 0 Å². The van der Waals surface area contributed by atoms with Crippen LogP contribution in [0.1, 0.15) is 43.0 Å². The minimum absolute atomic E-state index is 0.135. The number of rotatable bonds is 9. The van der Waals surface area contributed by atoms with E-state index in [1.165, 1.54) is 6.42 Å². The number of amides is 3. The highest BCUT2D eigenvalue weighted by Gasteiger charge is 2.19. The summed E-state index contributed by atoms with van der Waals surface area (Å²) in [6, 6.07) is 14.4. The Kier molecular flexibility index (Phi) is 8.72. The smallest absolute Gasteiger partial charge is 0.323 e. The predicted octanol–water partition coefficient (Wildman–Crippen LogP) is 4.48. The third-order valence-corrected chi connectivity index (χ3v) is 5.18. The Morgan fingerprint density at radius 2 is 1.71 bits per heavy atom. The number of nitrogens with zero attached hydrogens (tertiary/aromatic N) is 1. The molecule has 1 heterocycles. The van der Waals surface area contributed by atoms with Crippen molar-refractivity contribution in [2.75, 3.05) is 48.4 Å². The van der Waals surface area contributed by atoms with Crippen LogP contribution < -0.4 is 20.9 Å². The fraction of sp³-hybridized carbons (Fsp3) is 0.417. The van der Waals surface area contributed by atoms with Crippen molar-refractivity contribution in [3.8, 4) is 0 Å². The zero-order valence-corrected chi connectivity index (χ0v) is 18.2. The normalized spacial score (nSPS) is 13.5. The molecule has 0 unspecified atom stereocenters.